The van der Waals surface area contributed by atoms with Crippen LogP contribution in [0.2, 0.25) is 0 Å². The molecule has 1 aliphatic heterocycles. The molecule has 0 radical (unpaired) electrons. The Labute approximate surface area is 214 Å². The van der Waals surface area contributed by atoms with E-state index in [1.165, 1.54) is 41.3 Å². The van der Waals surface area contributed by atoms with Crippen molar-refractivity contribution in [1.82, 2.24) is 14.8 Å². The molecule has 2 heterocycles. The SMILES string of the molecule is C[C@H](CO)N1C[C@H](C)[C@@H](CN(C)C(=O)c2ccc(F)cc2)Oc2ncc(-c3ccc(F)cc3)cc2C1=O. The van der Waals surface area contributed by atoms with E-state index in [1.807, 2.05) is 6.92 Å². The van der Waals surface area contributed by atoms with Crippen LogP contribution in [0.15, 0.2) is 60.8 Å². The van der Waals surface area contributed by atoms with Crippen LogP contribution in [0.25, 0.3) is 11.1 Å². The van der Waals surface area contributed by atoms with Crippen molar-refractivity contribution in [2.24, 2.45) is 5.92 Å². The Morgan fingerprint density at radius 3 is 2.38 bits per heavy atom. The number of carbonyl (C=O) groups is 2. The molecule has 3 atom stereocenters. The van der Waals surface area contributed by atoms with Crippen LogP contribution in [-0.4, -0.2) is 70.6 Å². The molecule has 0 saturated heterocycles. The number of benzene rings is 2. The summed E-state index contributed by atoms with van der Waals surface area (Å²) in [7, 11) is 1.63. The third-order valence-corrected chi connectivity index (χ3v) is 6.59. The molecule has 1 aromatic heterocycles. The van der Waals surface area contributed by atoms with Crippen LogP contribution in [0.1, 0.15) is 34.6 Å². The molecule has 2 aromatic carbocycles. The molecular formula is C28H29F2N3O4. The van der Waals surface area contributed by atoms with Crippen molar-refractivity contribution >= 4 is 11.8 Å². The summed E-state index contributed by atoms with van der Waals surface area (Å²) in [5, 5.41) is 9.83. The molecule has 0 fully saturated rings. The number of aliphatic hydroxyl groups is 1. The van der Waals surface area contributed by atoms with Gasteiger partial charge in [-0.3, -0.25) is 9.59 Å². The summed E-state index contributed by atoms with van der Waals surface area (Å²) >= 11 is 0. The normalized spacial score (nSPS) is 18.3. The number of carbonyl (C=O) groups excluding carboxylic acids is 2. The van der Waals surface area contributed by atoms with Crippen LogP contribution in [-0.2, 0) is 0 Å². The smallest absolute Gasteiger partial charge is 0.259 e. The summed E-state index contributed by atoms with van der Waals surface area (Å²) in [6.07, 6.45) is 1.02. The number of ether oxygens (including phenoxy) is 1. The number of fused-ring (bicyclic) bond motifs is 1. The average Bonchev–Trinajstić information content (AvgIpc) is 2.90. The van der Waals surface area contributed by atoms with E-state index in [4.69, 9.17) is 4.74 Å². The van der Waals surface area contributed by atoms with Crippen molar-refractivity contribution in [3.63, 3.8) is 0 Å². The standard InChI is InChI=1S/C28H29F2N3O4/c1-17-14-33(18(2)16-34)28(36)24-12-21(19-4-8-22(29)9-5-19)13-31-26(24)37-25(17)15-32(3)27(35)20-6-10-23(30)11-7-20/h4-13,17-18,25,34H,14-16H2,1-3H3/t17-,18+,25+/m0/s1. The largest absolute Gasteiger partial charge is 0.472 e. The van der Waals surface area contributed by atoms with Gasteiger partial charge in [-0.05, 0) is 55.0 Å². The Morgan fingerprint density at radius 2 is 1.76 bits per heavy atom. The van der Waals surface area contributed by atoms with E-state index in [9.17, 15) is 23.5 Å². The summed E-state index contributed by atoms with van der Waals surface area (Å²) in [6.45, 7) is 3.90. The van der Waals surface area contributed by atoms with Crippen LogP contribution in [0, 0.1) is 17.6 Å². The molecule has 1 aliphatic rings. The molecule has 0 saturated carbocycles. The van der Waals surface area contributed by atoms with E-state index in [-0.39, 0.29) is 54.7 Å². The second kappa shape index (κ2) is 11.0. The Kier molecular flexibility index (Phi) is 7.83. The number of rotatable bonds is 6. The van der Waals surface area contributed by atoms with Gasteiger partial charge in [0.25, 0.3) is 11.8 Å². The zero-order valence-electron chi connectivity index (χ0n) is 20.9. The number of nitrogens with zero attached hydrogens (tertiary/aromatic N) is 3. The van der Waals surface area contributed by atoms with Crippen LogP contribution < -0.4 is 4.74 Å². The minimum Gasteiger partial charge on any atom is -0.472 e. The van der Waals surface area contributed by atoms with Crippen LogP contribution in [0.3, 0.4) is 0 Å². The summed E-state index contributed by atoms with van der Waals surface area (Å²) in [4.78, 5) is 34.0. The zero-order valence-corrected chi connectivity index (χ0v) is 20.9. The molecule has 3 aromatic rings. The number of pyridine rings is 1. The van der Waals surface area contributed by atoms with Gasteiger partial charge in [-0.25, -0.2) is 13.8 Å². The fraction of sp³-hybridized carbons (Fsp3) is 0.321. The first kappa shape index (κ1) is 26.2. The molecule has 9 heteroatoms. The fourth-order valence-corrected chi connectivity index (χ4v) is 4.29. The zero-order chi connectivity index (χ0) is 26.7. The van der Waals surface area contributed by atoms with Gasteiger partial charge in [-0.15, -0.1) is 0 Å². The number of amides is 2. The average molecular weight is 510 g/mol. The van der Waals surface area contributed by atoms with Gasteiger partial charge < -0.3 is 19.6 Å². The molecule has 0 spiro atoms. The van der Waals surface area contributed by atoms with E-state index in [1.54, 1.807) is 43.3 Å². The highest BCUT2D eigenvalue weighted by molar-refractivity contribution is 5.98. The minimum absolute atomic E-state index is 0.116. The third-order valence-electron chi connectivity index (χ3n) is 6.59. The van der Waals surface area contributed by atoms with Crippen LogP contribution in [0.4, 0.5) is 8.78 Å². The highest BCUT2D eigenvalue weighted by Gasteiger charge is 2.35. The number of hydrogen-bond donors (Lipinski definition) is 1. The molecular weight excluding hydrogens is 480 g/mol. The lowest BCUT2D eigenvalue weighted by atomic mass is 9.99. The number of likely N-dealkylation sites (N-methyl/N-ethyl adjacent to an activating group) is 1. The first-order valence-corrected chi connectivity index (χ1v) is 12.0. The predicted octanol–water partition coefficient (Wildman–Crippen LogP) is 4.02. The first-order chi connectivity index (χ1) is 17.7. The second-order valence-electron chi connectivity index (χ2n) is 9.40. The predicted molar refractivity (Wildman–Crippen MR) is 134 cm³/mol. The molecule has 0 unspecified atom stereocenters. The van der Waals surface area contributed by atoms with Crippen molar-refractivity contribution in [1.29, 1.82) is 0 Å². The van der Waals surface area contributed by atoms with Gasteiger partial charge >= 0.3 is 0 Å². The molecule has 1 N–H and O–H groups in total. The Bertz CT molecular complexity index is 1270. The Balaban J connectivity index is 1.67. The highest BCUT2D eigenvalue weighted by Crippen LogP contribution is 2.30. The van der Waals surface area contributed by atoms with Crippen molar-refractivity contribution in [2.75, 3.05) is 26.7 Å². The van der Waals surface area contributed by atoms with Gasteiger partial charge in [0.2, 0.25) is 5.88 Å². The van der Waals surface area contributed by atoms with Crippen LogP contribution >= 0.6 is 0 Å². The van der Waals surface area contributed by atoms with Gasteiger partial charge in [0.05, 0.1) is 19.2 Å². The fourth-order valence-electron chi connectivity index (χ4n) is 4.29. The van der Waals surface area contributed by atoms with Gasteiger partial charge in [-0.1, -0.05) is 19.1 Å². The van der Waals surface area contributed by atoms with E-state index in [0.717, 1.165) is 0 Å². The molecule has 37 heavy (non-hydrogen) atoms. The topological polar surface area (TPSA) is 83.0 Å². The molecule has 4 rings (SSSR count). The molecule has 0 aliphatic carbocycles. The first-order valence-electron chi connectivity index (χ1n) is 12.0. The monoisotopic (exact) mass is 509 g/mol. The van der Waals surface area contributed by atoms with E-state index in [2.05, 4.69) is 4.98 Å². The maximum Gasteiger partial charge on any atom is 0.259 e. The number of hydrogen-bond acceptors (Lipinski definition) is 5. The van der Waals surface area contributed by atoms with Crippen LogP contribution in [0.5, 0.6) is 5.88 Å². The quantitative estimate of drug-likeness (QED) is 0.543. The Hall–Kier alpha value is -3.85. The van der Waals surface area contributed by atoms with Gasteiger partial charge in [0.15, 0.2) is 0 Å². The minimum atomic E-state index is -0.529. The number of aromatic nitrogens is 1. The maximum absolute atomic E-state index is 13.6. The number of halogens is 2. The van der Waals surface area contributed by atoms with Crippen molar-refractivity contribution in [2.45, 2.75) is 26.0 Å². The summed E-state index contributed by atoms with van der Waals surface area (Å²) < 4.78 is 32.9. The van der Waals surface area contributed by atoms with E-state index >= 15 is 0 Å². The summed E-state index contributed by atoms with van der Waals surface area (Å²) in [5.41, 5.74) is 1.85. The molecule has 2 amide bonds. The molecule has 7 nitrogen and oxygen atoms in total. The number of aliphatic hydroxyl groups excluding tert-OH is 1. The molecule has 0 bridgehead atoms. The highest BCUT2D eigenvalue weighted by atomic mass is 19.1. The third kappa shape index (κ3) is 5.77. The van der Waals surface area contributed by atoms with Crippen molar-refractivity contribution < 1.29 is 28.2 Å². The van der Waals surface area contributed by atoms with E-state index < -0.39 is 18.0 Å². The van der Waals surface area contributed by atoms with Crippen molar-refractivity contribution in [3.05, 3.63) is 83.6 Å². The lowest BCUT2D eigenvalue weighted by Gasteiger charge is -2.37. The Morgan fingerprint density at radius 1 is 1.14 bits per heavy atom. The van der Waals surface area contributed by atoms with Gasteiger partial charge in [0.1, 0.15) is 23.3 Å². The lowest BCUT2D eigenvalue weighted by molar-refractivity contribution is 0.0313. The van der Waals surface area contributed by atoms with E-state index in [0.29, 0.717) is 16.7 Å². The lowest BCUT2D eigenvalue weighted by Crippen LogP contribution is -2.50. The second-order valence-corrected chi connectivity index (χ2v) is 9.40. The van der Waals surface area contributed by atoms with Gasteiger partial charge in [0, 0.05) is 36.8 Å². The molecule has 194 valence electrons. The summed E-state index contributed by atoms with van der Waals surface area (Å²) in [5.74, 6) is -1.54. The van der Waals surface area contributed by atoms with Crippen molar-refractivity contribution in [3.8, 4) is 17.0 Å². The summed E-state index contributed by atoms with van der Waals surface area (Å²) in [6, 6.07) is 12.4. The van der Waals surface area contributed by atoms with Gasteiger partial charge in [-0.2, -0.15) is 0 Å². The maximum atomic E-state index is 13.6.